The normalized spacial score (nSPS) is 18.7. The number of benzene rings is 1. The minimum Gasteiger partial charge on any atom is -0.373 e. The van der Waals surface area contributed by atoms with Crippen molar-refractivity contribution >= 4 is 22.4 Å². The number of aromatic nitrogens is 4. The molecular weight excluding hydrogens is 517 g/mol. The average Bonchev–Trinajstić information content (AvgIpc) is 2.87. The highest BCUT2D eigenvalue weighted by atomic mass is 19.4. The molecule has 0 amide bonds. The lowest BCUT2D eigenvalue weighted by Gasteiger charge is -2.34. The molecule has 1 fully saturated rings. The zero-order chi connectivity index (χ0) is 28.7. The van der Waals surface area contributed by atoms with Crippen molar-refractivity contribution in [3.63, 3.8) is 0 Å². The number of halogens is 3. The van der Waals surface area contributed by atoms with Gasteiger partial charge in [0.25, 0.3) is 0 Å². The van der Waals surface area contributed by atoms with Crippen LogP contribution in [0, 0.1) is 0 Å². The van der Waals surface area contributed by atoms with E-state index < -0.39 is 11.7 Å². The first-order valence-electron chi connectivity index (χ1n) is 13.3. The molecule has 1 aliphatic heterocycles. The summed E-state index contributed by atoms with van der Waals surface area (Å²) in [6.45, 7) is 12.3. The van der Waals surface area contributed by atoms with Gasteiger partial charge in [-0.3, -0.25) is 14.9 Å². The van der Waals surface area contributed by atoms with E-state index in [-0.39, 0.29) is 23.3 Å². The van der Waals surface area contributed by atoms with E-state index >= 15 is 0 Å². The minimum atomic E-state index is -4.53. The SMILES string of the molecule is C[C@H]1CN(Cc2nc(Nc3ccc(C(C)(C)C)nc3)c3ccc(-c4ncccc4C(F)(F)F)cc3n2)C[C@H](C)O1. The Morgan fingerprint density at radius 2 is 1.73 bits per heavy atom. The first-order valence-corrected chi connectivity index (χ1v) is 13.3. The van der Waals surface area contributed by atoms with Crippen LogP contribution >= 0.6 is 0 Å². The Labute approximate surface area is 231 Å². The molecule has 0 bridgehead atoms. The molecule has 0 aliphatic carbocycles. The monoisotopic (exact) mass is 550 g/mol. The number of morpholine rings is 1. The van der Waals surface area contributed by atoms with Crippen LogP contribution in [0.25, 0.3) is 22.2 Å². The van der Waals surface area contributed by atoms with Crippen LogP contribution in [0.2, 0.25) is 0 Å². The number of hydrogen-bond acceptors (Lipinski definition) is 7. The summed E-state index contributed by atoms with van der Waals surface area (Å²) in [6, 6.07) is 11.3. The lowest BCUT2D eigenvalue weighted by molar-refractivity contribution is -0.137. The van der Waals surface area contributed by atoms with Gasteiger partial charge >= 0.3 is 6.18 Å². The summed E-state index contributed by atoms with van der Waals surface area (Å²) < 4.78 is 47.1. The standard InChI is InChI=1S/C30H33F3N6O/c1-18-15-39(16-19(2)40-18)17-26-37-24-13-20(27-23(30(31,32)33)7-6-12-34-27)8-10-22(24)28(38-26)36-21-9-11-25(35-14-21)29(3,4)5/h6-14,18-19H,15-17H2,1-5H3,(H,36,37,38)/t18-,19-/m0/s1. The molecule has 7 nitrogen and oxygen atoms in total. The second-order valence-electron chi connectivity index (χ2n) is 11.4. The number of alkyl halides is 3. The minimum absolute atomic E-state index is 0.0748. The smallest absolute Gasteiger partial charge is 0.373 e. The lowest BCUT2D eigenvalue weighted by atomic mass is 9.92. The zero-order valence-corrected chi connectivity index (χ0v) is 23.3. The van der Waals surface area contributed by atoms with E-state index in [0.717, 1.165) is 30.5 Å². The summed E-state index contributed by atoms with van der Waals surface area (Å²) in [5.41, 5.74) is 1.56. The second-order valence-corrected chi connectivity index (χ2v) is 11.4. The second kappa shape index (κ2) is 10.7. The predicted molar refractivity (Wildman–Crippen MR) is 149 cm³/mol. The summed E-state index contributed by atoms with van der Waals surface area (Å²) >= 11 is 0. The van der Waals surface area contributed by atoms with Crippen LogP contribution in [0.1, 0.15) is 51.7 Å². The highest BCUT2D eigenvalue weighted by molar-refractivity contribution is 5.93. The number of nitrogens with zero attached hydrogens (tertiary/aromatic N) is 5. The first-order chi connectivity index (χ1) is 18.9. The molecule has 1 saturated heterocycles. The fraction of sp³-hybridized carbons (Fsp3) is 0.400. The van der Waals surface area contributed by atoms with E-state index in [1.165, 1.54) is 12.3 Å². The van der Waals surface area contributed by atoms with E-state index in [9.17, 15) is 13.2 Å². The van der Waals surface area contributed by atoms with Gasteiger partial charge in [0.2, 0.25) is 0 Å². The molecule has 3 aromatic heterocycles. The van der Waals surface area contributed by atoms with Crippen LogP contribution < -0.4 is 5.32 Å². The summed E-state index contributed by atoms with van der Waals surface area (Å²) in [4.78, 5) is 20.5. The Morgan fingerprint density at radius 1 is 0.975 bits per heavy atom. The van der Waals surface area contributed by atoms with Crippen LogP contribution in [0.3, 0.4) is 0 Å². The third-order valence-corrected chi connectivity index (χ3v) is 6.78. The largest absolute Gasteiger partial charge is 0.418 e. The maximum atomic E-state index is 13.7. The molecule has 5 rings (SSSR count). The average molecular weight is 551 g/mol. The van der Waals surface area contributed by atoms with Crippen molar-refractivity contribution in [2.75, 3.05) is 18.4 Å². The fourth-order valence-electron chi connectivity index (χ4n) is 5.02. The van der Waals surface area contributed by atoms with Gasteiger partial charge in [0.1, 0.15) is 11.6 Å². The molecule has 4 heterocycles. The van der Waals surface area contributed by atoms with Crippen molar-refractivity contribution in [3.05, 3.63) is 71.9 Å². The van der Waals surface area contributed by atoms with Gasteiger partial charge < -0.3 is 10.1 Å². The van der Waals surface area contributed by atoms with Gasteiger partial charge in [-0.25, -0.2) is 9.97 Å². The Morgan fingerprint density at radius 3 is 2.38 bits per heavy atom. The third-order valence-electron chi connectivity index (χ3n) is 6.78. The maximum absolute atomic E-state index is 13.7. The number of rotatable bonds is 5. The van der Waals surface area contributed by atoms with Gasteiger partial charge in [0.15, 0.2) is 0 Å². The predicted octanol–water partition coefficient (Wildman–Crippen LogP) is 6.76. The molecule has 10 heteroatoms. The van der Waals surface area contributed by atoms with E-state index in [4.69, 9.17) is 14.7 Å². The van der Waals surface area contributed by atoms with Gasteiger partial charge in [-0.1, -0.05) is 26.8 Å². The van der Waals surface area contributed by atoms with Gasteiger partial charge in [0.05, 0.1) is 47.4 Å². The highest BCUT2D eigenvalue weighted by Crippen LogP contribution is 2.37. The number of ether oxygens (including phenoxy) is 1. The molecular formula is C30H33F3N6O. The summed E-state index contributed by atoms with van der Waals surface area (Å²) in [5.74, 6) is 1.12. The Hall–Kier alpha value is -3.63. The maximum Gasteiger partial charge on any atom is 0.418 e. The summed E-state index contributed by atoms with van der Waals surface area (Å²) in [7, 11) is 0. The first kappa shape index (κ1) is 27.9. The number of fused-ring (bicyclic) bond motifs is 1. The molecule has 0 spiro atoms. The number of pyridine rings is 2. The number of hydrogen-bond donors (Lipinski definition) is 1. The Bertz CT molecular complexity index is 1490. The molecule has 1 aliphatic rings. The van der Waals surface area contributed by atoms with E-state index in [1.54, 1.807) is 24.4 Å². The number of nitrogens with one attached hydrogen (secondary N) is 1. The molecule has 4 aromatic rings. The molecule has 40 heavy (non-hydrogen) atoms. The van der Waals surface area contributed by atoms with Crippen LogP contribution in [0.4, 0.5) is 24.7 Å². The molecule has 0 saturated carbocycles. The van der Waals surface area contributed by atoms with Gasteiger partial charge in [-0.15, -0.1) is 0 Å². The van der Waals surface area contributed by atoms with E-state index in [2.05, 4.69) is 41.0 Å². The highest BCUT2D eigenvalue weighted by Gasteiger charge is 2.34. The van der Waals surface area contributed by atoms with Crippen molar-refractivity contribution in [3.8, 4) is 11.3 Å². The van der Waals surface area contributed by atoms with Gasteiger partial charge in [-0.05, 0) is 50.2 Å². The van der Waals surface area contributed by atoms with Crippen LogP contribution in [-0.2, 0) is 22.9 Å². The quantitative estimate of drug-likeness (QED) is 0.294. The molecule has 0 unspecified atom stereocenters. The van der Waals surface area contributed by atoms with Gasteiger partial charge in [-0.2, -0.15) is 13.2 Å². The van der Waals surface area contributed by atoms with Crippen molar-refractivity contribution in [2.24, 2.45) is 0 Å². The number of anilines is 2. The van der Waals surface area contributed by atoms with Crippen LogP contribution in [0.5, 0.6) is 0 Å². The zero-order valence-electron chi connectivity index (χ0n) is 23.3. The lowest BCUT2D eigenvalue weighted by Crippen LogP contribution is -2.45. The van der Waals surface area contributed by atoms with Crippen molar-refractivity contribution < 1.29 is 17.9 Å². The molecule has 210 valence electrons. The molecule has 0 radical (unpaired) electrons. The Kier molecular flexibility index (Phi) is 7.50. The fourth-order valence-corrected chi connectivity index (χ4v) is 5.02. The van der Waals surface area contributed by atoms with Crippen LogP contribution in [-0.4, -0.2) is 50.1 Å². The van der Waals surface area contributed by atoms with Gasteiger partial charge in [0, 0.05) is 41.3 Å². The van der Waals surface area contributed by atoms with Crippen molar-refractivity contribution in [2.45, 2.75) is 65.0 Å². The molecule has 1 aromatic carbocycles. The topological polar surface area (TPSA) is 76.1 Å². The van der Waals surface area contributed by atoms with E-state index in [1.807, 2.05) is 26.0 Å². The summed E-state index contributed by atoms with van der Waals surface area (Å²) in [6.07, 6.45) is -1.26. The third kappa shape index (κ3) is 6.23. The Balaban J connectivity index is 1.57. The van der Waals surface area contributed by atoms with Crippen LogP contribution in [0.15, 0.2) is 54.9 Å². The van der Waals surface area contributed by atoms with E-state index in [0.29, 0.717) is 34.7 Å². The molecule has 2 atom stereocenters. The van der Waals surface area contributed by atoms with Crippen molar-refractivity contribution in [1.82, 2.24) is 24.8 Å². The molecule has 1 N–H and O–H groups in total. The summed E-state index contributed by atoms with van der Waals surface area (Å²) in [5, 5.41) is 4.04. The van der Waals surface area contributed by atoms with Crippen molar-refractivity contribution in [1.29, 1.82) is 0 Å².